The van der Waals surface area contributed by atoms with Gasteiger partial charge in [0.05, 0.1) is 6.54 Å². The fourth-order valence-corrected chi connectivity index (χ4v) is 2.34. The Bertz CT molecular complexity index is 495. The number of halogens is 4. The van der Waals surface area contributed by atoms with Gasteiger partial charge in [-0.1, -0.05) is 13.8 Å². The third kappa shape index (κ3) is 9.62. The molecule has 0 fully saturated rings. The Hall–Kier alpha value is -0.620. The SMILES string of the molecule is CN=C(NCCCOCC(C)C)NCc1nc(C(F)(F)F)cs1.I. The van der Waals surface area contributed by atoms with Crippen LogP contribution in [0.15, 0.2) is 10.4 Å². The summed E-state index contributed by atoms with van der Waals surface area (Å²) in [5.41, 5.74) is -0.857. The van der Waals surface area contributed by atoms with Gasteiger partial charge in [-0.05, 0) is 12.3 Å². The molecule has 1 aromatic rings. The second-order valence-corrected chi connectivity index (χ2v) is 6.24. The van der Waals surface area contributed by atoms with Crippen molar-refractivity contribution in [2.75, 3.05) is 26.8 Å². The number of ether oxygens (including phenoxy) is 1. The van der Waals surface area contributed by atoms with Crippen molar-refractivity contribution in [3.8, 4) is 0 Å². The number of guanidine groups is 1. The third-order valence-corrected chi connectivity index (χ3v) is 3.53. The standard InChI is InChI=1S/C14H23F3N4OS.HI/c1-10(2)8-22-6-4-5-19-13(18-3)20-7-12-21-11(9-23-12)14(15,16)17;/h9-10H,4-8H2,1-3H3,(H2,18,19,20);1H. The maximum absolute atomic E-state index is 12.5. The summed E-state index contributed by atoms with van der Waals surface area (Å²) in [6.45, 7) is 6.44. The van der Waals surface area contributed by atoms with Crippen LogP contribution in [0.1, 0.15) is 31.0 Å². The van der Waals surface area contributed by atoms with Crippen LogP contribution in [0.25, 0.3) is 0 Å². The molecule has 2 N–H and O–H groups in total. The summed E-state index contributed by atoms with van der Waals surface area (Å²) in [5, 5.41) is 7.39. The van der Waals surface area contributed by atoms with Crippen molar-refractivity contribution >= 4 is 41.3 Å². The number of aromatic nitrogens is 1. The van der Waals surface area contributed by atoms with E-state index in [1.807, 2.05) is 0 Å². The molecule has 140 valence electrons. The summed E-state index contributed by atoms with van der Waals surface area (Å²) in [6, 6.07) is 0. The van der Waals surface area contributed by atoms with E-state index in [2.05, 4.69) is 34.5 Å². The average molecular weight is 480 g/mol. The summed E-state index contributed by atoms with van der Waals surface area (Å²) in [4.78, 5) is 7.57. The summed E-state index contributed by atoms with van der Waals surface area (Å²) in [7, 11) is 1.60. The van der Waals surface area contributed by atoms with E-state index < -0.39 is 11.9 Å². The molecular weight excluding hydrogens is 456 g/mol. The quantitative estimate of drug-likeness (QED) is 0.259. The van der Waals surface area contributed by atoms with Gasteiger partial charge in [-0.3, -0.25) is 4.99 Å². The van der Waals surface area contributed by atoms with Crippen molar-refractivity contribution in [1.82, 2.24) is 15.6 Å². The summed E-state index contributed by atoms with van der Waals surface area (Å²) < 4.78 is 42.8. The van der Waals surface area contributed by atoms with Gasteiger partial charge >= 0.3 is 6.18 Å². The van der Waals surface area contributed by atoms with E-state index >= 15 is 0 Å². The fourth-order valence-electron chi connectivity index (χ4n) is 1.60. The minimum atomic E-state index is -4.40. The Morgan fingerprint density at radius 1 is 1.38 bits per heavy atom. The van der Waals surface area contributed by atoms with E-state index in [-0.39, 0.29) is 30.5 Å². The summed E-state index contributed by atoms with van der Waals surface area (Å²) in [6.07, 6.45) is -3.58. The van der Waals surface area contributed by atoms with E-state index in [1.165, 1.54) is 0 Å². The molecule has 1 aromatic heterocycles. The lowest BCUT2D eigenvalue weighted by Crippen LogP contribution is -2.37. The predicted octanol–water partition coefficient (Wildman–Crippen LogP) is 3.51. The Kier molecular flexibility index (Phi) is 11.5. The number of alkyl halides is 3. The first-order chi connectivity index (χ1) is 10.8. The molecule has 0 aliphatic carbocycles. The van der Waals surface area contributed by atoms with Crippen LogP contribution in [-0.4, -0.2) is 37.7 Å². The molecule has 5 nitrogen and oxygen atoms in total. The zero-order valence-electron chi connectivity index (χ0n) is 13.9. The van der Waals surface area contributed by atoms with Crippen LogP contribution in [0.3, 0.4) is 0 Å². The predicted molar refractivity (Wildman–Crippen MR) is 101 cm³/mol. The largest absolute Gasteiger partial charge is 0.434 e. The monoisotopic (exact) mass is 480 g/mol. The Morgan fingerprint density at radius 3 is 2.62 bits per heavy atom. The molecule has 1 heterocycles. The Balaban J connectivity index is 0.00000529. The van der Waals surface area contributed by atoms with Crippen molar-refractivity contribution in [2.24, 2.45) is 10.9 Å². The molecule has 0 aromatic carbocycles. The molecule has 0 spiro atoms. The molecule has 24 heavy (non-hydrogen) atoms. The van der Waals surface area contributed by atoms with E-state index in [0.29, 0.717) is 30.0 Å². The summed E-state index contributed by atoms with van der Waals surface area (Å²) in [5.74, 6) is 1.04. The van der Waals surface area contributed by atoms with Crippen LogP contribution in [0, 0.1) is 5.92 Å². The maximum atomic E-state index is 12.5. The van der Waals surface area contributed by atoms with Gasteiger partial charge in [-0.2, -0.15) is 13.2 Å². The number of aliphatic imine (C=N–C) groups is 1. The molecule has 1 rings (SSSR count). The average Bonchev–Trinajstić information content (AvgIpc) is 2.94. The number of hydrogen-bond acceptors (Lipinski definition) is 4. The van der Waals surface area contributed by atoms with Crippen molar-refractivity contribution in [3.63, 3.8) is 0 Å². The lowest BCUT2D eigenvalue weighted by atomic mass is 10.2. The van der Waals surface area contributed by atoms with Crippen LogP contribution in [0.5, 0.6) is 0 Å². The molecule has 0 saturated carbocycles. The van der Waals surface area contributed by atoms with E-state index in [0.717, 1.165) is 29.7 Å². The van der Waals surface area contributed by atoms with Gasteiger partial charge in [-0.25, -0.2) is 4.98 Å². The lowest BCUT2D eigenvalue weighted by molar-refractivity contribution is -0.140. The Labute approximate surface area is 161 Å². The van der Waals surface area contributed by atoms with E-state index in [4.69, 9.17) is 4.74 Å². The van der Waals surface area contributed by atoms with Crippen LogP contribution in [0.4, 0.5) is 13.2 Å². The van der Waals surface area contributed by atoms with Crippen LogP contribution < -0.4 is 10.6 Å². The first kappa shape index (κ1) is 23.4. The van der Waals surface area contributed by atoms with Crippen LogP contribution in [0.2, 0.25) is 0 Å². The highest BCUT2D eigenvalue weighted by Gasteiger charge is 2.33. The van der Waals surface area contributed by atoms with Gasteiger partial charge in [0.1, 0.15) is 5.01 Å². The second kappa shape index (κ2) is 11.9. The molecule has 0 atom stereocenters. The third-order valence-electron chi connectivity index (χ3n) is 2.68. The minimum Gasteiger partial charge on any atom is -0.381 e. The van der Waals surface area contributed by atoms with Crippen molar-refractivity contribution in [1.29, 1.82) is 0 Å². The topological polar surface area (TPSA) is 58.5 Å². The fraction of sp³-hybridized carbons (Fsp3) is 0.714. The van der Waals surface area contributed by atoms with Gasteiger partial charge in [0.15, 0.2) is 11.7 Å². The molecule has 0 aliphatic rings. The molecule has 0 amide bonds. The van der Waals surface area contributed by atoms with Crippen molar-refractivity contribution in [2.45, 2.75) is 33.0 Å². The van der Waals surface area contributed by atoms with Crippen LogP contribution >= 0.6 is 35.3 Å². The van der Waals surface area contributed by atoms with Gasteiger partial charge in [-0.15, -0.1) is 35.3 Å². The van der Waals surface area contributed by atoms with Crippen LogP contribution in [-0.2, 0) is 17.5 Å². The first-order valence-corrected chi connectivity index (χ1v) is 8.24. The number of nitrogens with one attached hydrogen (secondary N) is 2. The van der Waals surface area contributed by atoms with Gasteiger partial charge in [0, 0.05) is 32.2 Å². The smallest absolute Gasteiger partial charge is 0.381 e. The highest BCUT2D eigenvalue weighted by Crippen LogP contribution is 2.29. The van der Waals surface area contributed by atoms with Crippen molar-refractivity contribution in [3.05, 3.63) is 16.1 Å². The zero-order valence-corrected chi connectivity index (χ0v) is 17.1. The van der Waals surface area contributed by atoms with Crippen molar-refractivity contribution < 1.29 is 17.9 Å². The van der Waals surface area contributed by atoms with Gasteiger partial charge < -0.3 is 15.4 Å². The molecule has 10 heteroatoms. The molecule has 0 saturated heterocycles. The van der Waals surface area contributed by atoms with Gasteiger partial charge in [0.25, 0.3) is 0 Å². The lowest BCUT2D eigenvalue weighted by Gasteiger charge is -2.11. The number of thiazole rings is 1. The normalized spacial score (nSPS) is 12.2. The minimum absolute atomic E-state index is 0. The summed E-state index contributed by atoms with van der Waals surface area (Å²) >= 11 is 0.970. The number of nitrogens with zero attached hydrogens (tertiary/aromatic N) is 2. The first-order valence-electron chi connectivity index (χ1n) is 7.36. The zero-order chi connectivity index (χ0) is 17.3. The molecular formula is C14H24F3IN4OS. The van der Waals surface area contributed by atoms with Gasteiger partial charge in [0.2, 0.25) is 0 Å². The van der Waals surface area contributed by atoms with E-state index in [1.54, 1.807) is 7.05 Å². The Morgan fingerprint density at radius 2 is 2.08 bits per heavy atom. The molecule has 0 unspecified atom stereocenters. The molecule has 0 aliphatic heterocycles. The highest BCUT2D eigenvalue weighted by atomic mass is 127. The molecule has 0 radical (unpaired) electrons. The maximum Gasteiger partial charge on any atom is 0.434 e. The second-order valence-electron chi connectivity index (χ2n) is 5.30. The highest BCUT2D eigenvalue weighted by molar-refractivity contribution is 14.0. The number of hydrogen-bond donors (Lipinski definition) is 2. The number of rotatable bonds is 8. The van der Waals surface area contributed by atoms with E-state index in [9.17, 15) is 13.2 Å². The molecule has 0 bridgehead atoms.